The van der Waals surface area contributed by atoms with E-state index < -0.39 is 6.16 Å². The van der Waals surface area contributed by atoms with Crippen molar-refractivity contribution < 1.29 is 19.0 Å². The van der Waals surface area contributed by atoms with E-state index in [4.69, 9.17) is 14.2 Å². The predicted molar refractivity (Wildman–Crippen MR) is 208 cm³/mol. The highest BCUT2D eigenvalue weighted by Gasteiger charge is 2.46. The lowest BCUT2D eigenvalue weighted by atomic mass is 9.55. The van der Waals surface area contributed by atoms with Gasteiger partial charge in [-0.1, -0.05) is 108 Å². The molecule has 2 saturated carbocycles. The van der Waals surface area contributed by atoms with Crippen LogP contribution in [-0.4, -0.2) is 13.3 Å². The van der Waals surface area contributed by atoms with Crippen LogP contribution in [0.4, 0.5) is 4.79 Å². The molecule has 0 heterocycles. The molecule has 0 bridgehead atoms. The highest BCUT2D eigenvalue weighted by molar-refractivity contribution is 5.68. The summed E-state index contributed by atoms with van der Waals surface area (Å²) in [7, 11) is 1.73. The molecule has 0 saturated heterocycles. The molecule has 0 radical (unpaired) electrons. The van der Waals surface area contributed by atoms with Gasteiger partial charge in [0.15, 0.2) is 0 Å². The molecule has 2 fully saturated rings. The standard InChI is InChI=1S/C47H58O4/c1-31-26-38(16-19-40(31)49-10)47(25-23-45(8,9)35(5)30-47)39-18-21-42(33(3)28-39)51-43(48)50-41-20-17-37(27-32(41)2)46(36-14-12-11-13-15-36)24-22-44(6,7)34(4)29-46/h11-21,26-28,34-35H,22-25,29-30H2,1-10H3. The molecular weight excluding hydrogens is 629 g/mol. The van der Waals surface area contributed by atoms with E-state index >= 15 is 0 Å². The molecule has 4 unspecified atom stereocenters. The fraction of sp³-hybridized carbons (Fsp3) is 0.468. The fourth-order valence-electron chi connectivity index (χ4n) is 9.00. The van der Waals surface area contributed by atoms with Gasteiger partial charge < -0.3 is 14.2 Å². The quantitative estimate of drug-likeness (QED) is 0.143. The van der Waals surface area contributed by atoms with Crippen molar-refractivity contribution in [3.63, 3.8) is 0 Å². The smallest absolute Gasteiger partial charge is 0.496 e. The molecule has 0 amide bonds. The van der Waals surface area contributed by atoms with Gasteiger partial charge in [0.25, 0.3) is 0 Å². The number of aryl methyl sites for hydroxylation is 3. The summed E-state index contributed by atoms with van der Waals surface area (Å²) in [5, 5.41) is 0. The number of ether oxygens (including phenoxy) is 3. The summed E-state index contributed by atoms with van der Waals surface area (Å²) in [5.41, 5.74) is 8.55. The van der Waals surface area contributed by atoms with E-state index in [0.717, 1.165) is 61.0 Å². The first-order chi connectivity index (χ1) is 24.1. The molecule has 6 rings (SSSR count). The third-order valence-electron chi connectivity index (χ3n) is 13.5. The number of carbonyl (C=O) groups excluding carboxylic acids is 1. The summed E-state index contributed by atoms with van der Waals surface area (Å²) in [4.78, 5) is 13.3. The van der Waals surface area contributed by atoms with Crippen molar-refractivity contribution in [1.82, 2.24) is 0 Å². The SMILES string of the molecule is COc1ccc(C2(c3ccc(OC(=O)Oc4ccc(C5(c6ccccc6)CCC(C)(C)C(C)C5)cc4C)c(C)c3)CCC(C)(C)C(C)C2)cc1C. The minimum Gasteiger partial charge on any atom is -0.496 e. The average Bonchev–Trinajstić information content (AvgIpc) is 3.09. The molecule has 51 heavy (non-hydrogen) atoms. The molecule has 2 aliphatic rings. The summed E-state index contributed by atoms with van der Waals surface area (Å²) < 4.78 is 17.4. The second-order valence-electron chi connectivity index (χ2n) is 17.3. The second-order valence-corrected chi connectivity index (χ2v) is 17.3. The summed E-state index contributed by atoms with van der Waals surface area (Å²) >= 11 is 0. The molecule has 4 aromatic rings. The molecule has 4 heteroatoms. The summed E-state index contributed by atoms with van der Waals surface area (Å²) in [6, 6.07) is 30.2. The lowest BCUT2D eigenvalue weighted by molar-refractivity contribution is 0.107. The number of hydrogen-bond donors (Lipinski definition) is 0. The first-order valence-corrected chi connectivity index (χ1v) is 18.9. The molecule has 4 nitrogen and oxygen atoms in total. The Morgan fingerprint density at radius 1 is 0.549 bits per heavy atom. The second kappa shape index (κ2) is 13.8. The van der Waals surface area contributed by atoms with Crippen molar-refractivity contribution in [3.8, 4) is 17.2 Å². The molecular formula is C47H58O4. The molecule has 0 aromatic heterocycles. The van der Waals surface area contributed by atoms with Crippen LogP contribution in [0.25, 0.3) is 0 Å². The molecule has 0 N–H and O–H groups in total. The van der Waals surface area contributed by atoms with Gasteiger partial charge in [-0.2, -0.15) is 0 Å². The highest BCUT2D eigenvalue weighted by Crippen LogP contribution is 2.55. The van der Waals surface area contributed by atoms with Crippen LogP contribution in [0, 0.1) is 43.4 Å². The van der Waals surface area contributed by atoms with E-state index in [2.05, 4.69) is 121 Å². The number of hydrogen-bond acceptors (Lipinski definition) is 4. The Morgan fingerprint density at radius 2 is 0.941 bits per heavy atom. The van der Waals surface area contributed by atoms with E-state index in [9.17, 15) is 4.79 Å². The maximum atomic E-state index is 13.3. The van der Waals surface area contributed by atoms with Crippen LogP contribution in [0.5, 0.6) is 17.2 Å². The third-order valence-corrected chi connectivity index (χ3v) is 13.5. The predicted octanol–water partition coefficient (Wildman–Crippen LogP) is 12.5. The Labute approximate surface area is 306 Å². The minimum atomic E-state index is -0.721. The lowest BCUT2D eigenvalue weighted by Crippen LogP contribution is -2.41. The van der Waals surface area contributed by atoms with Crippen LogP contribution in [-0.2, 0) is 10.8 Å². The van der Waals surface area contributed by atoms with E-state index in [1.807, 2.05) is 26.0 Å². The number of benzene rings is 4. The summed E-state index contributed by atoms with van der Waals surface area (Å²) in [6.45, 7) is 20.5. The van der Waals surface area contributed by atoms with Gasteiger partial charge in [-0.25, -0.2) is 4.79 Å². The van der Waals surface area contributed by atoms with E-state index in [1.165, 1.54) is 22.3 Å². The maximum Gasteiger partial charge on any atom is 0.519 e. The highest BCUT2D eigenvalue weighted by atomic mass is 16.7. The van der Waals surface area contributed by atoms with E-state index in [0.29, 0.717) is 28.7 Å². The summed E-state index contributed by atoms with van der Waals surface area (Å²) in [5.74, 6) is 3.05. The molecule has 2 aliphatic carbocycles. The summed E-state index contributed by atoms with van der Waals surface area (Å²) in [6.07, 6.45) is 5.83. The number of carbonyl (C=O) groups is 1. The molecule has 4 aromatic carbocycles. The normalized spacial score (nSPS) is 25.5. The minimum absolute atomic E-state index is 0.0768. The third kappa shape index (κ3) is 6.96. The van der Waals surface area contributed by atoms with Crippen LogP contribution in [0.2, 0.25) is 0 Å². The zero-order chi connectivity index (χ0) is 36.8. The molecule has 0 aliphatic heterocycles. The van der Waals surface area contributed by atoms with Gasteiger partial charge in [-0.05, 0) is 139 Å². The molecule has 4 atom stereocenters. The van der Waals surface area contributed by atoms with Gasteiger partial charge in [0.1, 0.15) is 17.2 Å². The largest absolute Gasteiger partial charge is 0.519 e. The topological polar surface area (TPSA) is 44.8 Å². The first-order valence-electron chi connectivity index (χ1n) is 18.9. The molecule has 0 spiro atoms. The van der Waals surface area contributed by atoms with Crippen molar-refractivity contribution in [2.75, 3.05) is 7.11 Å². The van der Waals surface area contributed by atoms with E-state index in [1.54, 1.807) is 7.11 Å². The average molecular weight is 687 g/mol. The van der Waals surface area contributed by atoms with Gasteiger partial charge in [0, 0.05) is 10.8 Å². The van der Waals surface area contributed by atoms with Crippen LogP contribution in [0.15, 0.2) is 84.9 Å². The van der Waals surface area contributed by atoms with Gasteiger partial charge in [0.2, 0.25) is 0 Å². The van der Waals surface area contributed by atoms with Crippen molar-refractivity contribution >= 4 is 6.16 Å². The van der Waals surface area contributed by atoms with Gasteiger partial charge in [-0.15, -0.1) is 0 Å². The lowest BCUT2D eigenvalue weighted by Gasteiger charge is -2.49. The maximum absolute atomic E-state index is 13.3. The van der Waals surface area contributed by atoms with Crippen molar-refractivity contribution in [2.45, 2.75) is 112 Å². The Bertz CT molecular complexity index is 1890. The van der Waals surface area contributed by atoms with Crippen LogP contribution >= 0.6 is 0 Å². The zero-order valence-corrected chi connectivity index (χ0v) is 32.6. The van der Waals surface area contributed by atoms with Crippen LogP contribution in [0.1, 0.15) is 119 Å². The van der Waals surface area contributed by atoms with Crippen LogP contribution < -0.4 is 14.2 Å². The van der Waals surface area contributed by atoms with Gasteiger partial charge >= 0.3 is 6.16 Å². The monoisotopic (exact) mass is 686 g/mol. The van der Waals surface area contributed by atoms with Gasteiger partial charge in [0.05, 0.1) is 7.11 Å². The Kier molecular flexibility index (Phi) is 9.96. The Hall–Kier alpha value is -4.05. The zero-order valence-electron chi connectivity index (χ0n) is 32.6. The Balaban J connectivity index is 1.23. The van der Waals surface area contributed by atoms with Crippen molar-refractivity contribution in [2.24, 2.45) is 22.7 Å². The van der Waals surface area contributed by atoms with Crippen molar-refractivity contribution in [1.29, 1.82) is 0 Å². The number of rotatable bonds is 7. The van der Waals surface area contributed by atoms with Crippen LogP contribution in [0.3, 0.4) is 0 Å². The molecule has 270 valence electrons. The number of methoxy groups -OCH3 is 1. The Morgan fingerprint density at radius 3 is 1.31 bits per heavy atom. The van der Waals surface area contributed by atoms with Gasteiger partial charge in [-0.3, -0.25) is 0 Å². The van der Waals surface area contributed by atoms with E-state index in [-0.39, 0.29) is 16.2 Å². The fourth-order valence-corrected chi connectivity index (χ4v) is 9.00. The first kappa shape index (κ1) is 36.7. The van der Waals surface area contributed by atoms with Crippen molar-refractivity contribution in [3.05, 3.63) is 124 Å².